The van der Waals surface area contributed by atoms with Gasteiger partial charge in [0.05, 0.1) is 6.54 Å². The van der Waals surface area contributed by atoms with Gasteiger partial charge in [-0.3, -0.25) is 19.2 Å². The van der Waals surface area contributed by atoms with E-state index in [2.05, 4.69) is 0 Å². The summed E-state index contributed by atoms with van der Waals surface area (Å²) in [4.78, 5) is 43.8. The molecule has 0 aliphatic rings. The Hall–Kier alpha value is -1.96. The third kappa shape index (κ3) is 16.0. The van der Waals surface area contributed by atoms with Crippen molar-refractivity contribution < 1.29 is 29.8 Å². The molecule has 8 heteroatoms. The van der Waals surface area contributed by atoms with Crippen LogP contribution in [-0.2, 0) is 19.2 Å². The van der Waals surface area contributed by atoms with Crippen LogP contribution in [0.25, 0.3) is 0 Å². The SMILES string of the molecule is CC(=O)CN(C)C(C)=O.CN(C)C(=O)CC(=O)O.O. The molecule has 0 unspecified atom stereocenters. The van der Waals surface area contributed by atoms with Gasteiger partial charge in [0.25, 0.3) is 0 Å². The molecular weight excluding hydrogens is 256 g/mol. The van der Waals surface area contributed by atoms with Gasteiger partial charge in [-0.1, -0.05) is 0 Å². The fourth-order valence-corrected chi connectivity index (χ4v) is 0.733. The smallest absolute Gasteiger partial charge is 0.312 e. The van der Waals surface area contributed by atoms with Crippen molar-refractivity contribution in [3.8, 4) is 0 Å². The van der Waals surface area contributed by atoms with Crippen molar-refractivity contribution in [2.75, 3.05) is 27.7 Å². The number of rotatable bonds is 4. The highest BCUT2D eigenvalue weighted by Gasteiger charge is 2.07. The zero-order chi connectivity index (χ0) is 14.9. The quantitative estimate of drug-likeness (QED) is 0.645. The predicted octanol–water partition coefficient (Wildman–Crippen LogP) is -1.22. The third-order valence-electron chi connectivity index (χ3n) is 1.80. The number of carboxylic acids is 1. The first-order valence-corrected chi connectivity index (χ1v) is 5.21. The summed E-state index contributed by atoms with van der Waals surface area (Å²) in [6.07, 6.45) is -0.424. The molecule has 0 fully saturated rings. The molecule has 0 bridgehead atoms. The molecule has 0 rings (SSSR count). The second-order valence-electron chi connectivity index (χ2n) is 3.94. The van der Waals surface area contributed by atoms with Gasteiger partial charge in [0.2, 0.25) is 11.8 Å². The molecule has 3 N–H and O–H groups in total. The van der Waals surface area contributed by atoms with Gasteiger partial charge in [0.15, 0.2) is 0 Å². The lowest BCUT2D eigenvalue weighted by Gasteiger charge is -2.10. The number of amides is 2. The van der Waals surface area contributed by atoms with Crippen LogP contribution in [0.15, 0.2) is 0 Å². The van der Waals surface area contributed by atoms with Crippen molar-refractivity contribution >= 4 is 23.6 Å². The van der Waals surface area contributed by atoms with Crippen LogP contribution in [-0.4, -0.2) is 71.6 Å². The first-order chi connectivity index (χ1) is 8.07. The maximum absolute atomic E-state index is 10.5. The maximum atomic E-state index is 10.5. The molecule has 2 amide bonds. The third-order valence-corrected chi connectivity index (χ3v) is 1.80. The summed E-state index contributed by atoms with van der Waals surface area (Å²) in [6, 6.07) is 0. The summed E-state index contributed by atoms with van der Waals surface area (Å²) in [5.74, 6) is -1.55. The fourth-order valence-electron chi connectivity index (χ4n) is 0.733. The molecule has 19 heavy (non-hydrogen) atoms. The number of hydrogen-bond donors (Lipinski definition) is 1. The van der Waals surface area contributed by atoms with E-state index >= 15 is 0 Å². The monoisotopic (exact) mass is 278 g/mol. The van der Waals surface area contributed by atoms with Crippen molar-refractivity contribution in [2.24, 2.45) is 0 Å². The van der Waals surface area contributed by atoms with Crippen LogP contribution < -0.4 is 0 Å². The Balaban J connectivity index is -0.000000256. The molecule has 112 valence electrons. The van der Waals surface area contributed by atoms with Gasteiger partial charge in [-0.05, 0) is 6.92 Å². The number of carbonyl (C=O) groups is 4. The van der Waals surface area contributed by atoms with E-state index in [1.807, 2.05) is 0 Å². The van der Waals surface area contributed by atoms with Crippen molar-refractivity contribution in [1.82, 2.24) is 9.80 Å². The number of Topliss-reactive ketones (excluding diaryl/α,β-unsaturated/α-hetero) is 1. The zero-order valence-electron chi connectivity index (χ0n) is 11.9. The fraction of sp³-hybridized carbons (Fsp3) is 0.636. The van der Waals surface area contributed by atoms with E-state index in [0.717, 1.165) is 0 Å². The summed E-state index contributed by atoms with van der Waals surface area (Å²) in [5.41, 5.74) is 0. The molecule has 0 aromatic rings. The highest BCUT2D eigenvalue weighted by molar-refractivity contribution is 5.93. The summed E-state index contributed by atoms with van der Waals surface area (Å²) >= 11 is 0. The second kappa shape index (κ2) is 11.1. The minimum Gasteiger partial charge on any atom is -0.481 e. The van der Waals surface area contributed by atoms with Crippen LogP contribution in [0.3, 0.4) is 0 Å². The average Bonchev–Trinajstić information content (AvgIpc) is 2.16. The number of nitrogens with zero attached hydrogens (tertiary/aromatic N) is 2. The molecule has 0 saturated heterocycles. The van der Waals surface area contributed by atoms with Crippen molar-refractivity contribution in [3.05, 3.63) is 0 Å². The largest absolute Gasteiger partial charge is 0.481 e. The first kappa shape index (κ1) is 22.2. The average molecular weight is 278 g/mol. The van der Waals surface area contributed by atoms with Crippen LogP contribution in [0.1, 0.15) is 20.3 Å². The lowest BCUT2D eigenvalue weighted by Crippen LogP contribution is -2.28. The van der Waals surface area contributed by atoms with Gasteiger partial charge in [0, 0.05) is 28.1 Å². The first-order valence-electron chi connectivity index (χ1n) is 5.21. The van der Waals surface area contributed by atoms with Gasteiger partial charge >= 0.3 is 5.97 Å². The van der Waals surface area contributed by atoms with Crippen LogP contribution in [0.5, 0.6) is 0 Å². The van der Waals surface area contributed by atoms with Gasteiger partial charge in [0.1, 0.15) is 12.2 Å². The van der Waals surface area contributed by atoms with E-state index < -0.39 is 12.4 Å². The summed E-state index contributed by atoms with van der Waals surface area (Å²) < 4.78 is 0. The Morgan fingerprint density at radius 2 is 1.42 bits per heavy atom. The number of likely N-dealkylation sites (N-methyl/N-ethyl adjacent to an activating group) is 1. The van der Waals surface area contributed by atoms with E-state index in [9.17, 15) is 19.2 Å². The van der Waals surface area contributed by atoms with E-state index in [0.29, 0.717) is 0 Å². The molecule has 0 aromatic carbocycles. The summed E-state index contributed by atoms with van der Waals surface area (Å²) in [7, 11) is 4.64. The van der Waals surface area contributed by atoms with Crippen LogP contribution in [0, 0.1) is 0 Å². The van der Waals surface area contributed by atoms with Crippen LogP contribution in [0.2, 0.25) is 0 Å². The van der Waals surface area contributed by atoms with Gasteiger partial charge in [-0.25, -0.2) is 0 Å². The summed E-state index contributed by atoms with van der Waals surface area (Å²) in [6.45, 7) is 3.11. The summed E-state index contributed by atoms with van der Waals surface area (Å²) in [5, 5.41) is 8.09. The maximum Gasteiger partial charge on any atom is 0.312 e. The number of carboxylic acid groups (broad SMARTS) is 1. The molecule has 0 saturated carbocycles. The zero-order valence-corrected chi connectivity index (χ0v) is 11.9. The molecule has 0 atom stereocenters. The molecule has 8 nitrogen and oxygen atoms in total. The Kier molecular flexibility index (Phi) is 13.1. The van der Waals surface area contributed by atoms with Crippen molar-refractivity contribution in [3.63, 3.8) is 0 Å². The van der Waals surface area contributed by atoms with Gasteiger partial charge in [-0.2, -0.15) is 0 Å². The van der Waals surface area contributed by atoms with E-state index in [4.69, 9.17) is 5.11 Å². The van der Waals surface area contributed by atoms with E-state index in [1.165, 1.54) is 37.7 Å². The molecular formula is C11H22N2O6. The standard InChI is InChI=1S/C6H11NO2.C5H9NO3.H2O/c1-5(8)4-7(3)6(2)9;1-6(2)4(7)3-5(8)9;/h4H2,1-3H3;3H2,1-2H3,(H,8,9);1H2. The molecule has 0 aromatic heterocycles. The predicted molar refractivity (Wildman–Crippen MR) is 68.6 cm³/mol. The Bertz CT molecular complexity index is 327. The molecule has 0 heterocycles. The Morgan fingerprint density at radius 3 is 1.53 bits per heavy atom. The topological polar surface area (TPSA) is 126 Å². The lowest BCUT2D eigenvalue weighted by atomic mass is 10.4. The molecule has 0 spiro atoms. The van der Waals surface area contributed by atoms with Gasteiger partial charge in [-0.15, -0.1) is 0 Å². The van der Waals surface area contributed by atoms with Gasteiger partial charge < -0.3 is 20.4 Å². The Labute approximate surface area is 112 Å². The number of carbonyl (C=O) groups excluding carboxylic acids is 3. The van der Waals surface area contributed by atoms with E-state index in [1.54, 1.807) is 7.05 Å². The Morgan fingerprint density at radius 1 is 1.00 bits per heavy atom. The molecule has 0 aliphatic heterocycles. The normalized spacial score (nSPS) is 8.26. The number of ketones is 1. The lowest BCUT2D eigenvalue weighted by molar-refractivity contribution is -0.143. The highest BCUT2D eigenvalue weighted by Crippen LogP contribution is 1.85. The van der Waals surface area contributed by atoms with Crippen molar-refractivity contribution in [2.45, 2.75) is 20.3 Å². The minimum atomic E-state index is -1.09. The highest BCUT2D eigenvalue weighted by atomic mass is 16.4. The minimum absolute atomic E-state index is 0. The van der Waals surface area contributed by atoms with Crippen molar-refractivity contribution in [1.29, 1.82) is 0 Å². The second-order valence-corrected chi connectivity index (χ2v) is 3.94. The van der Waals surface area contributed by atoms with Crippen LogP contribution >= 0.6 is 0 Å². The molecule has 0 aliphatic carbocycles. The number of aliphatic carboxylic acids is 1. The van der Waals surface area contributed by atoms with E-state index in [-0.39, 0.29) is 29.6 Å². The van der Waals surface area contributed by atoms with Crippen LogP contribution in [0.4, 0.5) is 0 Å². The number of hydrogen-bond acceptors (Lipinski definition) is 4. The molecule has 0 radical (unpaired) electrons.